The first kappa shape index (κ1) is 20.5. The van der Waals surface area contributed by atoms with Crippen molar-refractivity contribution in [3.8, 4) is 0 Å². The summed E-state index contributed by atoms with van der Waals surface area (Å²) in [4.78, 5) is 2.16. The Morgan fingerprint density at radius 1 is 0.714 bits per heavy atom. The lowest BCUT2D eigenvalue weighted by Gasteiger charge is -2.35. The largest absolute Gasteiger partial charge is 0.351 e. The molecule has 3 rings (SSSR count). The van der Waals surface area contributed by atoms with Crippen molar-refractivity contribution >= 4 is 7.60 Å². The zero-order valence-corrected chi connectivity index (χ0v) is 17.2. The van der Waals surface area contributed by atoms with E-state index < -0.39 is 13.4 Å². The van der Waals surface area contributed by atoms with Gasteiger partial charge in [0.15, 0.2) is 0 Å². The van der Waals surface area contributed by atoms with Crippen LogP contribution >= 0.6 is 7.60 Å². The van der Waals surface area contributed by atoms with Gasteiger partial charge < -0.3 is 9.05 Å². The second-order valence-electron chi connectivity index (χ2n) is 6.57. The summed E-state index contributed by atoms with van der Waals surface area (Å²) in [7, 11) is -0.522. The highest BCUT2D eigenvalue weighted by Gasteiger charge is 2.40. The van der Waals surface area contributed by atoms with Crippen molar-refractivity contribution in [2.75, 3.05) is 14.2 Å². The van der Waals surface area contributed by atoms with Gasteiger partial charge in [-0.05, 0) is 16.7 Å². The monoisotopic (exact) mass is 395 g/mol. The SMILES string of the molecule is COP(=O)(OC)C(c1ccccc1)N(Cc1ccccc1)Cc1ccccc1. The Hall–Kier alpha value is -2.23. The number of rotatable bonds is 9. The van der Waals surface area contributed by atoms with E-state index in [4.69, 9.17) is 9.05 Å². The summed E-state index contributed by atoms with van der Waals surface area (Å²) in [6.07, 6.45) is 0. The summed E-state index contributed by atoms with van der Waals surface area (Å²) in [5.41, 5.74) is 3.18. The minimum absolute atomic E-state index is 0.524. The molecule has 0 amide bonds. The highest BCUT2D eigenvalue weighted by Crippen LogP contribution is 2.61. The lowest BCUT2D eigenvalue weighted by Crippen LogP contribution is -2.29. The fourth-order valence-electron chi connectivity index (χ4n) is 3.36. The molecule has 0 aliphatic heterocycles. The quantitative estimate of drug-likeness (QED) is 0.425. The predicted molar refractivity (Wildman–Crippen MR) is 113 cm³/mol. The number of nitrogens with zero attached hydrogens (tertiary/aromatic N) is 1. The van der Waals surface area contributed by atoms with E-state index in [9.17, 15) is 4.57 Å². The van der Waals surface area contributed by atoms with Crippen LogP contribution in [0, 0.1) is 0 Å². The first-order valence-electron chi connectivity index (χ1n) is 9.24. The molecule has 146 valence electrons. The summed E-state index contributed by atoms with van der Waals surface area (Å²) < 4.78 is 24.5. The van der Waals surface area contributed by atoms with E-state index in [1.807, 2.05) is 66.7 Å². The molecule has 0 saturated heterocycles. The third-order valence-corrected chi connectivity index (χ3v) is 6.95. The third-order valence-electron chi connectivity index (χ3n) is 4.71. The van der Waals surface area contributed by atoms with Gasteiger partial charge in [0, 0.05) is 27.3 Å². The molecule has 4 nitrogen and oxygen atoms in total. The van der Waals surface area contributed by atoms with Crippen LogP contribution in [0.15, 0.2) is 91.0 Å². The molecule has 1 atom stereocenters. The molecule has 0 aliphatic carbocycles. The Kier molecular flexibility index (Phi) is 7.18. The van der Waals surface area contributed by atoms with Crippen molar-refractivity contribution in [1.82, 2.24) is 4.90 Å². The van der Waals surface area contributed by atoms with Crippen molar-refractivity contribution in [1.29, 1.82) is 0 Å². The van der Waals surface area contributed by atoms with Crippen LogP contribution in [0.4, 0.5) is 0 Å². The average molecular weight is 395 g/mol. The van der Waals surface area contributed by atoms with Gasteiger partial charge in [-0.3, -0.25) is 9.46 Å². The molecule has 5 heteroatoms. The van der Waals surface area contributed by atoms with Crippen molar-refractivity contribution in [3.63, 3.8) is 0 Å². The fraction of sp³-hybridized carbons (Fsp3) is 0.217. The van der Waals surface area contributed by atoms with Crippen molar-refractivity contribution in [2.24, 2.45) is 0 Å². The van der Waals surface area contributed by atoms with Gasteiger partial charge in [-0.15, -0.1) is 0 Å². The molecule has 1 unspecified atom stereocenters. The lowest BCUT2D eigenvalue weighted by molar-refractivity contribution is 0.176. The van der Waals surface area contributed by atoms with Crippen LogP contribution in [-0.4, -0.2) is 19.1 Å². The van der Waals surface area contributed by atoms with Gasteiger partial charge in [-0.25, -0.2) is 0 Å². The van der Waals surface area contributed by atoms with Crippen molar-refractivity contribution < 1.29 is 13.6 Å². The summed E-state index contributed by atoms with van der Waals surface area (Å²) >= 11 is 0. The van der Waals surface area contributed by atoms with Crippen LogP contribution in [0.2, 0.25) is 0 Å². The molecule has 0 N–H and O–H groups in total. The van der Waals surface area contributed by atoms with Gasteiger partial charge in [-0.1, -0.05) is 91.0 Å². The van der Waals surface area contributed by atoms with Crippen LogP contribution in [0.3, 0.4) is 0 Å². The van der Waals surface area contributed by atoms with Crippen LogP contribution in [0.1, 0.15) is 22.5 Å². The Labute approximate surface area is 167 Å². The highest BCUT2D eigenvalue weighted by atomic mass is 31.2. The minimum Gasteiger partial charge on any atom is -0.311 e. The van der Waals surface area contributed by atoms with Gasteiger partial charge in [-0.2, -0.15) is 0 Å². The molecule has 0 radical (unpaired) electrons. The van der Waals surface area contributed by atoms with E-state index in [0.717, 1.165) is 16.7 Å². The van der Waals surface area contributed by atoms with Crippen LogP contribution < -0.4 is 0 Å². The third kappa shape index (κ3) is 4.98. The van der Waals surface area contributed by atoms with Crippen LogP contribution in [-0.2, 0) is 26.7 Å². The minimum atomic E-state index is -3.42. The fourth-order valence-corrected chi connectivity index (χ4v) is 5.01. The van der Waals surface area contributed by atoms with E-state index in [1.165, 1.54) is 14.2 Å². The maximum absolute atomic E-state index is 13.6. The lowest BCUT2D eigenvalue weighted by atomic mass is 10.1. The summed E-state index contributed by atoms with van der Waals surface area (Å²) in [5.74, 6) is -0.524. The standard InChI is InChI=1S/C23H26NO3P/c1-26-28(25,27-2)23(22-16-10-5-11-17-22)24(18-20-12-6-3-7-13-20)19-21-14-8-4-9-15-21/h3-17,23H,18-19H2,1-2H3. The van der Waals surface area contributed by atoms with Gasteiger partial charge in [0.1, 0.15) is 5.78 Å². The molecule has 0 heterocycles. The maximum Gasteiger partial charge on any atom is 0.351 e. The molecule has 28 heavy (non-hydrogen) atoms. The van der Waals surface area contributed by atoms with Gasteiger partial charge in [0.2, 0.25) is 0 Å². The van der Waals surface area contributed by atoms with E-state index in [0.29, 0.717) is 13.1 Å². The van der Waals surface area contributed by atoms with Gasteiger partial charge >= 0.3 is 7.60 Å². The van der Waals surface area contributed by atoms with E-state index in [-0.39, 0.29) is 0 Å². The van der Waals surface area contributed by atoms with E-state index in [2.05, 4.69) is 29.2 Å². The highest BCUT2D eigenvalue weighted by molar-refractivity contribution is 7.54. The molecule has 0 aromatic heterocycles. The molecule has 0 spiro atoms. The molecular weight excluding hydrogens is 369 g/mol. The summed E-state index contributed by atoms with van der Waals surface area (Å²) in [6.45, 7) is 1.23. The van der Waals surface area contributed by atoms with Crippen molar-refractivity contribution in [3.05, 3.63) is 108 Å². The van der Waals surface area contributed by atoms with Crippen molar-refractivity contribution in [2.45, 2.75) is 18.9 Å². The molecular formula is C23H26NO3P. The zero-order chi connectivity index (χ0) is 19.8. The number of hydrogen-bond donors (Lipinski definition) is 0. The smallest absolute Gasteiger partial charge is 0.311 e. The van der Waals surface area contributed by atoms with E-state index in [1.54, 1.807) is 0 Å². The average Bonchev–Trinajstić information content (AvgIpc) is 2.76. The van der Waals surface area contributed by atoms with Crippen LogP contribution in [0.5, 0.6) is 0 Å². The first-order valence-corrected chi connectivity index (χ1v) is 10.9. The normalized spacial score (nSPS) is 12.8. The predicted octanol–water partition coefficient (Wildman–Crippen LogP) is 5.87. The summed E-state index contributed by atoms with van der Waals surface area (Å²) in [5, 5.41) is 0. The number of benzene rings is 3. The molecule has 3 aromatic rings. The second-order valence-corrected chi connectivity index (χ2v) is 8.86. The maximum atomic E-state index is 13.6. The van der Waals surface area contributed by atoms with Crippen LogP contribution in [0.25, 0.3) is 0 Å². The van der Waals surface area contributed by atoms with Gasteiger partial charge in [0.25, 0.3) is 0 Å². The molecule has 0 saturated carbocycles. The number of hydrogen-bond acceptors (Lipinski definition) is 4. The zero-order valence-electron chi connectivity index (χ0n) is 16.3. The summed E-state index contributed by atoms with van der Waals surface area (Å²) in [6, 6.07) is 30.1. The Morgan fingerprint density at radius 2 is 1.11 bits per heavy atom. The molecule has 0 bridgehead atoms. The van der Waals surface area contributed by atoms with E-state index >= 15 is 0 Å². The Balaban J connectivity index is 2.05. The van der Waals surface area contributed by atoms with Gasteiger partial charge in [0.05, 0.1) is 0 Å². The molecule has 3 aromatic carbocycles. The molecule has 0 aliphatic rings. The first-order chi connectivity index (χ1) is 13.7. The molecule has 0 fully saturated rings. The second kappa shape index (κ2) is 9.81. The Bertz CT molecular complexity index is 838. The topological polar surface area (TPSA) is 38.8 Å². The Morgan fingerprint density at radius 3 is 1.50 bits per heavy atom.